The van der Waals surface area contributed by atoms with E-state index < -0.39 is 9.84 Å². The predicted molar refractivity (Wildman–Crippen MR) is 122 cm³/mol. The van der Waals surface area contributed by atoms with Crippen LogP contribution in [0.25, 0.3) is 10.8 Å². The molecule has 0 radical (unpaired) electrons. The molecule has 0 amide bonds. The van der Waals surface area contributed by atoms with Gasteiger partial charge in [0.25, 0.3) is 0 Å². The van der Waals surface area contributed by atoms with Crippen LogP contribution < -0.4 is 4.74 Å². The molecule has 0 atom stereocenters. The lowest BCUT2D eigenvalue weighted by Crippen LogP contribution is -2.37. The van der Waals surface area contributed by atoms with Crippen LogP contribution >= 0.6 is 12.4 Å². The number of aromatic nitrogens is 1. The molecule has 1 aliphatic heterocycles. The first-order valence-corrected chi connectivity index (χ1v) is 11.8. The molecule has 4 rings (SSSR count). The second-order valence-electron chi connectivity index (χ2n) is 7.85. The van der Waals surface area contributed by atoms with Crippen LogP contribution in [-0.2, 0) is 16.4 Å². The Hall–Kier alpha value is -2.15. The number of hydrogen-bond donors (Lipinski definition) is 0. The summed E-state index contributed by atoms with van der Waals surface area (Å²) in [7, 11) is -3.14. The summed E-state index contributed by atoms with van der Waals surface area (Å²) in [5, 5.41) is 2.28. The predicted octanol–water partition coefficient (Wildman–Crippen LogP) is 4.41. The zero-order valence-electron chi connectivity index (χ0n) is 17.2. The third-order valence-electron chi connectivity index (χ3n) is 5.52. The molecule has 30 heavy (non-hydrogen) atoms. The summed E-state index contributed by atoms with van der Waals surface area (Å²) >= 11 is 0. The average molecular weight is 447 g/mol. The Morgan fingerprint density at radius 2 is 1.77 bits per heavy atom. The second kappa shape index (κ2) is 9.33. The highest BCUT2D eigenvalue weighted by Crippen LogP contribution is 2.28. The summed E-state index contributed by atoms with van der Waals surface area (Å²) in [6.45, 7) is 4.85. The number of hydrogen-bond acceptors (Lipinski definition) is 5. The lowest BCUT2D eigenvalue weighted by Gasteiger charge is -2.32. The largest absolute Gasteiger partial charge is 0.490 e. The molecule has 3 aromatic rings. The second-order valence-corrected chi connectivity index (χ2v) is 9.87. The molecule has 0 saturated carbocycles. The van der Waals surface area contributed by atoms with Crippen molar-refractivity contribution in [3.05, 3.63) is 66.0 Å². The quantitative estimate of drug-likeness (QED) is 0.580. The minimum absolute atomic E-state index is 0. The zero-order chi connectivity index (χ0) is 20.4. The fourth-order valence-electron chi connectivity index (χ4n) is 3.82. The van der Waals surface area contributed by atoms with Crippen LogP contribution in [0, 0.1) is 6.92 Å². The van der Waals surface area contributed by atoms with Gasteiger partial charge in [0, 0.05) is 43.7 Å². The van der Waals surface area contributed by atoms with E-state index >= 15 is 0 Å². The molecule has 5 nitrogen and oxygen atoms in total. The van der Waals surface area contributed by atoms with Crippen LogP contribution in [-0.4, -0.2) is 43.8 Å². The van der Waals surface area contributed by atoms with Crippen LogP contribution in [0.2, 0.25) is 0 Å². The monoisotopic (exact) mass is 446 g/mol. The Bertz CT molecular complexity index is 1110. The first-order valence-electron chi connectivity index (χ1n) is 9.91. The number of nitrogens with zero attached hydrogens (tertiary/aromatic N) is 2. The van der Waals surface area contributed by atoms with Gasteiger partial charge in [0.15, 0.2) is 9.84 Å². The normalized spacial score (nSPS) is 15.7. The summed E-state index contributed by atoms with van der Waals surface area (Å²) in [4.78, 5) is 6.95. The fraction of sp³-hybridized carbons (Fsp3) is 0.348. The summed E-state index contributed by atoms with van der Waals surface area (Å²) in [6.07, 6.45) is 7.11. The van der Waals surface area contributed by atoms with Gasteiger partial charge >= 0.3 is 0 Å². The number of halogens is 1. The maximum absolute atomic E-state index is 11.6. The fourth-order valence-corrected chi connectivity index (χ4v) is 4.45. The van der Waals surface area contributed by atoms with Crippen LogP contribution in [0.3, 0.4) is 0 Å². The Labute approximate surface area is 184 Å². The van der Waals surface area contributed by atoms with Crippen LogP contribution in [0.1, 0.15) is 24.0 Å². The van der Waals surface area contributed by atoms with E-state index in [1.54, 1.807) is 12.1 Å². The van der Waals surface area contributed by atoms with E-state index in [-0.39, 0.29) is 18.5 Å². The van der Waals surface area contributed by atoms with E-state index in [4.69, 9.17) is 4.74 Å². The van der Waals surface area contributed by atoms with Crippen molar-refractivity contribution in [2.24, 2.45) is 0 Å². The topological polar surface area (TPSA) is 59.5 Å². The maximum Gasteiger partial charge on any atom is 0.175 e. The minimum Gasteiger partial charge on any atom is -0.490 e. The molecule has 0 bridgehead atoms. The Morgan fingerprint density at radius 3 is 2.43 bits per heavy atom. The lowest BCUT2D eigenvalue weighted by atomic mass is 10.1. The lowest BCUT2D eigenvalue weighted by molar-refractivity contribution is 0.0964. The van der Waals surface area contributed by atoms with Gasteiger partial charge in [-0.05, 0) is 66.6 Å². The van der Waals surface area contributed by atoms with Gasteiger partial charge in [-0.2, -0.15) is 0 Å². The highest BCUT2D eigenvalue weighted by molar-refractivity contribution is 7.90. The number of pyridine rings is 1. The molecule has 0 aliphatic carbocycles. The van der Waals surface area contributed by atoms with Gasteiger partial charge in [0.2, 0.25) is 0 Å². The third kappa shape index (κ3) is 5.31. The number of likely N-dealkylation sites (tertiary alicyclic amines) is 1. The molecular weight excluding hydrogens is 420 g/mol. The zero-order valence-corrected chi connectivity index (χ0v) is 18.9. The number of piperidine rings is 1. The van der Waals surface area contributed by atoms with Crippen molar-refractivity contribution in [3.63, 3.8) is 0 Å². The van der Waals surface area contributed by atoms with Crippen molar-refractivity contribution in [2.45, 2.75) is 37.3 Å². The average Bonchev–Trinajstić information content (AvgIpc) is 2.70. The van der Waals surface area contributed by atoms with Gasteiger partial charge in [0.1, 0.15) is 11.9 Å². The summed E-state index contributed by atoms with van der Waals surface area (Å²) in [5.74, 6) is 0.957. The van der Waals surface area contributed by atoms with Crippen LogP contribution in [0.4, 0.5) is 0 Å². The molecule has 1 fully saturated rings. The van der Waals surface area contributed by atoms with Crippen molar-refractivity contribution >= 4 is 33.0 Å². The molecule has 0 N–H and O–H groups in total. The van der Waals surface area contributed by atoms with E-state index in [1.807, 2.05) is 30.6 Å². The van der Waals surface area contributed by atoms with Gasteiger partial charge in [-0.25, -0.2) is 8.42 Å². The van der Waals surface area contributed by atoms with Crippen molar-refractivity contribution < 1.29 is 13.2 Å². The summed E-state index contributed by atoms with van der Waals surface area (Å²) in [6, 6.07) is 13.5. The molecule has 0 unspecified atom stereocenters. The van der Waals surface area contributed by atoms with Crippen LogP contribution in [0.15, 0.2) is 59.8 Å². The van der Waals surface area contributed by atoms with E-state index in [2.05, 4.69) is 28.9 Å². The summed E-state index contributed by atoms with van der Waals surface area (Å²) in [5.41, 5.74) is 2.27. The molecule has 2 heterocycles. The van der Waals surface area contributed by atoms with Crippen LogP contribution in [0.5, 0.6) is 5.75 Å². The van der Waals surface area contributed by atoms with Gasteiger partial charge in [-0.3, -0.25) is 9.88 Å². The van der Waals surface area contributed by atoms with E-state index in [1.165, 1.54) is 6.26 Å². The molecular formula is C23H27ClN2O3S. The molecule has 160 valence electrons. The number of aryl methyl sites for hydroxylation is 1. The minimum atomic E-state index is -3.14. The SMILES string of the molecule is Cc1cc2cnccc2cc1OC1CCN(Cc2ccc(S(C)(=O)=O)cc2)CC1.Cl. The van der Waals surface area contributed by atoms with E-state index in [0.717, 1.165) is 60.1 Å². The van der Waals surface area contributed by atoms with Crippen molar-refractivity contribution in [1.29, 1.82) is 0 Å². The molecule has 7 heteroatoms. The Kier molecular flexibility index (Phi) is 7.01. The van der Waals surface area contributed by atoms with Gasteiger partial charge in [0.05, 0.1) is 4.90 Å². The smallest absolute Gasteiger partial charge is 0.175 e. The number of rotatable bonds is 5. The molecule has 1 aromatic heterocycles. The van der Waals surface area contributed by atoms with Crippen molar-refractivity contribution in [2.75, 3.05) is 19.3 Å². The highest BCUT2D eigenvalue weighted by atomic mass is 35.5. The van der Waals surface area contributed by atoms with E-state index in [9.17, 15) is 8.42 Å². The van der Waals surface area contributed by atoms with Crippen molar-refractivity contribution in [1.82, 2.24) is 9.88 Å². The van der Waals surface area contributed by atoms with Gasteiger partial charge < -0.3 is 4.74 Å². The first kappa shape index (κ1) is 22.5. The molecule has 2 aromatic carbocycles. The highest BCUT2D eigenvalue weighted by Gasteiger charge is 2.21. The van der Waals surface area contributed by atoms with E-state index in [0.29, 0.717) is 4.90 Å². The first-order chi connectivity index (χ1) is 13.9. The number of sulfone groups is 1. The standard InChI is InChI=1S/C23H26N2O3S.ClH/c1-17-13-20-15-24-10-7-19(20)14-23(17)28-21-8-11-25(12-9-21)16-18-3-5-22(6-4-18)29(2,26)27;/h3-7,10,13-15,21H,8-9,11-12,16H2,1-2H3;1H. The van der Waals surface area contributed by atoms with Crippen molar-refractivity contribution in [3.8, 4) is 5.75 Å². The molecule has 1 saturated heterocycles. The van der Waals surface area contributed by atoms with Gasteiger partial charge in [-0.15, -0.1) is 12.4 Å². The summed E-state index contributed by atoms with van der Waals surface area (Å²) < 4.78 is 29.5. The maximum atomic E-state index is 11.6. The number of fused-ring (bicyclic) bond motifs is 1. The molecule has 1 aliphatic rings. The van der Waals surface area contributed by atoms with Gasteiger partial charge in [-0.1, -0.05) is 12.1 Å². The number of ether oxygens (including phenoxy) is 1. The Balaban J connectivity index is 0.00000256. The molecule has 0 spiro atoms. The third-order valence-corrected chi connectivity index (χ3v) is 6.65. The number of benzene rings is 2. The Morgan fingerprint density at radius 1 is 1.07 bits per heavy atom.